The van der Waals surface area contributed by atoms with Gasteiger partial charge in [-0.15, -0.1) is 11.3 Å². The summed E-state index contributed by atoms with van der Waals surface area (Å²) in [6, 6.07) is 12.7. The number of carbonyl (C=O) groups is 2. The maximum Gasteiger partial charge on any atom is 0.242 e. The predicted octanol–water partition coefficient (Wildman–Crippen LogP) is 7.16. The number of ether oxygens (including phenoxy) is 1. The summed E-state index contributed by atoms with van der Waals surface area (Å²) in [5.41, 5.74) is 2.31. The molecule has 2 amide bonds. The van der Waals surface area contributed by atoms with Gasteiger partial charge in [0.25, 0.3) is 0 Å². The van der Waals surface area contributed by atoms with E-state index in [0.717, 1.165) is 31.7 Å². The summed E-state index contributed by atoms with van der Waals surface area (Å²) < 4.78 is 8.34. The summed E-state index contributed by atoms with van der Waals surface area (Å²) in [7, 11) is 1.75. The molecule has 9 heteroatoms. The number of aromatic hydroxyl groups is 1. The van der Waals surface area contributed by atoms with Crippen LogP contribution in [0.15, 0.2) is 66.8 Å². The molecule has 1 fully saturated rings. The molecule has 0 saturated carbocycles. The number of phenols is 1. The SMILES string of the molecule is C=CC1=CCC2C(=O)N(c3cc(-c4sc5ccc(Cl)cc5c4C)nn3C)C(=O)C2(C)C1c1ccc(O)c(OCC)c1. The van der Waals surface area contributed by atoms with E-state index in [1.54, 1.807) is 47.3 Å². The lowest BCUT2D eigenvalue weighted by Crippen LogP contribution is -2.41. The Kier molecular flexibility index (Phi) is 6.58. The van der Waals surface area contributed by atoms with Crippen LogP contribution in [0.4, 0.5) is 5.82 Å². The van der Waals surface area contributed by atoms with Crippen LogP contribution >= 0.6 is 22.9 Å². The van der Waals surface area contributed by atoms with Crippen molar-refractivity contribution in [2.24, 2.45) is 18.4 Å². The fraction of sp³-hybridized carbons (Fsp3) is 0.281. The number of phenolic OH excluding ortho intramolecular Hbond substituents is 1. The second-order valence-corrected chi connectivity index (χ2v) is 12.2. The quantitative estimate of drug-likeness (QED) is 0.242. The largest absolute Gasteiger partial charge is 0.504 e. The van der Waals surface area contributed by atoms with Gasteiger partial charge in [-0.1, -0.05) is 36.4 Å². The van der Waals surface area contributed by atoms with Crippen molar-refractivity contribution >= 4 is 50.7 Å². The Morgan fingerprint density at radius 2 is 2.02 bits per heavy atom. The minimum atomic E-state index is -1.08. The number of hydrogen-bond acceptors (Lipinski definition) is 6. The third kappa shape index (κ3) is 4.03. The van der Waals surface area contributed by atoms with Crippen LogP contribution in [-0.4, -0.2) is 33.3 Å². The Morgan fingerprint density at radius 3 is 2.76 bits per heavy atom. The number of fused-ring (bicyclic) bond motifs is 2. The van der Waals surface area contributed by atoms with Crippen molar-refractivity contribution < 1.29 is 19.4 Å². The molecule has 0 bridgehead atoms. The number of anilines is 1. The number of halogens is 1. The third-order valence-corrected chi connectivity index (χ3v) is 10.0. The first-order chi connectivity index (χ1) is 19.6. The molecule has 2 aromatic carbocycles. The molecule has 1 saturated heterocycles. The van der Waals surface area contributed by atoms with Gasteiger partial charge >= 0.3 is 0 Å². The molecule has 3 unspecified atom stereocenters. The predicted molar refractivity (Wildman–Crippen MR) is 163 cm³/mol. The molecule has 2 aliphatic rings. The lowest BCUT2D eigenvalue weighted by molar-refractivity contribution is -0.127. The second kappa shape index (κ2) is 9.89. The molecule has 210 valence electrons. The second-order valence-electron chi connectivity index (χ2n) is 10.8. The Morgan fingerprint density at radius 1 is 1.24 bits per heavy atom. The van der Waals surface area contributed by atoms with Gasteiger partial charge in [0.1, 0.15) is 11.5 Å². The number of thiophene rings is 1. The number of nitrogens with zero attached hydrogens (tertiary/aromatic N) is 3. The van der Waals surface area contributed by atoms with E-state index in [1.807, 2.05) is 51.1 Å². The van der Waals surface area contributed by atoms with Crippen LogP contribution in [-0.2, 0) is 16.6 Å². The smallest absolute Gasteiger partial charge is 0.242 e. The normalized spacial score (nSPS) is 22.3. The highest BCUT2D eigenvalue weighted by Crippen LogP contribution is 2.57. The van der Waals surface area contributed by atoms with Crippen LogP contribution in [0.25, 0.3) is 20.7 Å². The molecular formula is C32H30ClN3O4S. The Hall–Kier alpha value is -3.88. The van der Waals surface area contributed by atoms with Crippen LogP contribution in [0.5, 0.6) is 11.5 Å². The first-order valence-corrected chi connectivity index (χ1v) is 14.7. The molecule has 41 heavy (non-hydrogen) atoms. The average Bonchev–Trinajstić information content (AvgIpc) is 3.54. The van der Waals surface area contributed by atoms with E-state index in [0.29, 0.717) is 35.3 Å². The number of hydrogen-bond donors (Lipinski definition) is 1. The van der Waals surface area contributed by atoms with Gasteiger partial charge in [0.15, 0.2) is 11.5 Å². The molecule has 3 atom stereocenters. The number of aryl methyl sites for hydroxylation is 2. The fourth-order valence-corrected chi connectivity index (χ4v) is 7.76. The molecule has 0 radical (unpaired) electrons. The first-order valence-electron chi connectivity index (χ1n) is 13.5. The number of imide groups is 1. The summed E-state index contributed by atoms with van der Waals surface area (Å²) in [5.74, 6) is -0.773. The molecule has 2 aromatic heterocycles. The average molecular weight is 588 g/mol. The van der Waals surface area contributed by atoms with Crippen LogP contribution < -0.4 is 9.64 Å². The van der Waals surface area contributed by atoms with E-state index in [4.69, 9.17) is 21.4 Å². The molecular weight excluding hydrogens is 558 g/mol. The van der Waals surface area contributed by atoms with Crippen molar-refractivity contribution in [3.63, 3.8) is 0 Å². The van der Waals surface area contributed by atoms with Gasteiger partial charge in [0, 0.05) is 28.8 Å². The lowest BCUT2D eigenvalue weighted by atomic mass is 9.60. The van der Waals surface area contributed by atoms with E-state index in [-0.39, 0.29) is 17.6 Å². The summed E-state index contributed by atoms with van der Waals surface area (Å²) >= 11 is 7.85. The number of allylic oxidation sites excluding steroid dienone is 3. The van der Waals surface area contributed by atoms with Crippen molar-refractivity contribution in [2.75, 3.05) is 11.5 Å². The summed E-state index contributed by atoms with van der Waals surface area (Å²) in [5, 5.41) is 16.8. The van der Waals surface area contributed by atoms with Crippen molar-refractivity contribution in [1.82, 2.24) is 9.78 Å². The number of aromatic nitrogens is 2. The molecule has 6 rings (SSSR count). The molecule has 7 nitrogen and oxygen atoms in total. The zero-order chi connectivity index (χ0) is 29.2. The molecule has 0 spiro atoms. The van der Waals surface area contributed by atoms with Crippen LogP contribution in [0.3, 0.4) is 0 Å². The van der Waals surface area contributed by atoms with Gasteiger partial charge < -0.3 is 9.84 Å². The molecule has 1 aliphatic carbocycles. The first kappa shape index (κ1) is 27.3. The van der Waals surface area contributed by atoms with E-state index < -0.39 is 17.3 Å². The number of carbonyl (C=O) groups excluding carboxylic acids is 2. The van der Waals surface area contributed by atoms with Crippen molar-refractivity contribution in [2.45, 2.75) is 33.1 Å². The molecule has 1 aliphatic heterocycles. The zero-order valence-electron chi connectivity index (χ0n) is 23.3. The fourth-order valence-electron chi connectivity index (χ4n) is 6.44. The zero-order valence-corrected chi connectivity index (χ0v) is 24.8. The summed E-state index contributed by atoms with van der Waals surface area (Å²) in [6.45, 7) is 10.1. The molecule has 1 N–H and O–H groups in total. The van der Waals surface area contributed by atoms with E-state index in [2.05, 4.69) is 6.58 Å². The third-order valence-electron chi connectivity index (χ3n) is 8.50. The van der Waals surface area contributed by atoms with Gasteiger partial charge in [-0.3, -0.25) is 14.3 Å². The maximum absolute atomic E-state index is 14.4. The lowest BCUT2D eigenvalue weighted by Gasteiger charge is -2.40. The summed E-state index contributed by atoms with van der Waals surface area (Å²) in [4.78, 5) is 30.7. The van der Waals surface area contributed by atoms with Gasteiger partial charge in [0.05, 0.1) is 22.8 Å². The standard InChI is InChI=1S/C32H30ClN3O4S/c1-6-18-8-11-22-30(38)36(31(39)32(22,4)28(18)19-9-12-24(37)25(14-19)40-7-2)27-16-23(34-35(27)5)29-17(3)21-15-20(33)10-13-26(21)41-29/h6,8-10,12-16,22,28,37H,1,7,11H2,2-5H3. The van der Waals surface area contributed by atoms with Crippen LogP contribution in [0.2, 0.25) is 5.02 Å². The molecule has 4 aromatic rings. The van der Waals surface area contributed by atoms with Crippen LogP contribution in [0.1, 0.15) is 37.3 Å². The van der Waals surface area contributed by atoms with E-state index in [1.165, 1.54) is 4.90 Å². The van der Waals surface area contributed by atoms with Crippen LogP contribution in [0, 0.1) is 18.3 Å². The van der Waals surface area contributed by atoms with Crippen molar-refractivity contribution in [3.8, 4) is 22.1 Å². The van der Waals surface area contributed by atoms with Crippen molar-refractivity contribution in [1.29, 1.82) is 0 Å². The van der Waals surface area contributed by atoms with Gasteiger partial charge in [-0.2, -0.15) is 5.10 Å². The molecule has 3 heterocycles. The van der Waals surface area contributed by atoms with E-state index >= 15 is 0 Å². The summed E-state index contributed by atoms with van der Waals surface area (Å²) in [6.07, 6.45) is 4.16. The van der Waals surface area contributed by atoms with Crippen molar-refractivity contribution in [3.05, 3.63) is 82.9 Å². The highest BCUT2D eigenvalue weighted by Gasteiger charge is 2.62. The topological polar surface area (TPSA) is 84.7 Å². The number of benzene rings is 2. The van der Waals surface area contributed by atoms with Gasteiger partial charge in [0.2, 0.25) is 11.8 Å². The maximum atomic E-state index is 14.4. The number of rotatable bonds is 6. The highest BCUT2D eigenvalue weighted by molar-refractivity contribution is 7.22. The van der Waals surface area contributed by atoms with E-state index in [9.17, 15) is 14.7 Å². The van der Waals surface area contributed by atoms with Gasteiger partial charge in [-0.25, -0.2) is 4.90 Å². The van der Waals surface area contributed by atoms with Gasteiger partial charge in [-0.05, 0) is 79.6 Å². The Bertz CT molecular complexity index is 1790. The Balaban J connectivity index is 1.44. The minimum absolute atomic E-state index is 0.0221. The highest BCUT2D eigenvalue weighted by atomic mass is 35.5. The monoisotopic (exact) mass is 587 g/mol. The number of amides is 2. The Labute approximate surface area is 247 Å². The minimum Gasteiger partial charge on any atom is -0.504 e.